The summed E-state index contributed by atoms with van der Waals surface area (Å²) >= 11 is 4.25. The Balaban J connectivity index is 1.72. The molecule has 1 fully saturated rings. The van der Waals surface area contributed by atoms with Crippen molar-refractivity contribution in [2.75, 3.05) is 26.7 Å². The maximum atomic E-state index is 11.9. The fraction of sp³-hybridized carbons (Fsp3) is 0.533. The van der Waals surface area contributed by atoms with E-state index in [2.05, 4.69) is 29.9 Å². The maximum absolute atomic E-state index is 11.9. The van der Waals surface area contributed by atoms with Crippen molar-refractivity contribution in [3.63, 3.8) is 0 Å². The van der Waals surface area contributed by atoms with Crippen LogP contribution in [0.4, 0.5) is 0 Å². The molecule has 1 aromatic rings. The molecule has 1 amide bonds. The van der Waals surface area contributed by atoms with Crippen LogP contribution in [-0.2, 0) is 0 Å². The highest BCUT2D eigenvalue weighted by Gasteiger charge is 2.16. The third-order valence-corrected chi connectivity index (χ3v) is 4.06. The van der Waals surface area contributed by atoms with Crippen molar-refractivity contribution in [3.05, 3.63) is 29.8 Å². The van der Waals surface area contributed by atoms with Crippen LogP contribution >= 0.6 is 12.6 Å². The van der Waals surface area contributed by atoms with Crippen LogP contribution in [0.25, 0.3) is 0 Å². The minimum atomic E-state index is 0.00354. The van der Waals surface area contributed by atoms with Crippen LogP contribution in [0.5, 0.6) is 0 Å². The first-order valence-corrected chi connectivity index (χ1v) is 7.35. The molecule has 1 aliphatic heterocycles. The highest BCUT2D eigenvalue weighted by atomic mass is 32.1. The largest absolute Gasteiger partial charge is 0.352 e. The van der Waals surface area contributed by atoms with Gasteiger partial charge < -0.3 is 10.2 Å². The zero-order valence-electron chi connectivity index (χ0n) is 11.4. The molecule has 0 spiro atoms. The highest BCUT2D eigenvalue weighted by molar-refractivity contribution is 7.80. The number of thiol groups is 1. The number of carbonyl (C=O) groups excluding carboxylic acids is 1. The van der Waals surface area contributed by atoms with Gasteiger partial charge in [0.25, 0.3) is 5.91 Å². The van der Waals surface area contributed by atoms with E-state index in [0.29, 0.717) is 5.56 Å². The van der Waals surface area contributed by atoms with Gasteiger partial charge in [-0.1, -0.05) is 6.07 Å². The van der Waals surface area contributed by atoms with Crippen LogP contribution in [0, 0.1) is 5.92 Å². The van der Waals surface area contributed by atoms with Gasteiger partial charge in [-0.05, 0) is 63.5 Å². The molecule has 3 nitrogen and oxygen atoms in total. The standard InChI is InChI=1S/C15H22N2OS/c1-17-9-6-12(7-10-17)5-8-16-15(18)13-3-2-4-14(19)11-13/h2-4,11-12,19H,5-10H2,1H3,(H,16,18). The van der Waals surface area contributed by atoms with Gasteiger partial charge >= 0.3 is 0 Å². The number of likely N-dealkylation sites (tertiary alicyclic amines) is 1. The first-order chi connectivity index (χ1) is 9.15. The van der Waals surface area contributed by atoms with E-state index in [1.165, 1.54) is 25.9 Å². The van der Waals surface area contributed by atoms with Crippen LogP contribution in [0.3, 0.4) is 0 Å². The second-order valence-electron chi connectivity index (χ2n) is 5.34. The average molecular weight is 278 g/mol. The van der Waals surface area contributed by atoms with Gasteiger partial charge in [-0.3, -0.25) is 4.79 Å². The van der Waals surface area contributed by atoms with E-state index >= 15 is 0 Å². The maximum Gasteiger partial charge on any atom is 0.251 e. The van der Waals surface area contributed by atoms with Gasteiger partial charge in [0.1, 0.15) is 0 Å². The zero-order chi connectivity index (χ0) is 13.7. The number of hydrogen-bond acceptors (Lipinski definition) is 3. The Morgan fingerprint density at radius 3 is 2.84 bits per heavy atom. The molecular formula is C15H22N2OS. The fourth-order valence-electron chi connectivity index (χ4n) is 2.49. The van der Waals surface area contributed by atoms with Crippen molar-refractivity contribution in [1.29, 1.82) is 0 Å². The van der Waals surface area contributed by atoms with Gasteiger partial charge in [0.05, 0.1) is 0 Å². The zero-order valence-corrected chi connectivity index (χ0v) is 12.3. The quantitative estimate of drug-likeness (QED) is 0.829. The van der Waals surface area contributed by atoms with E-state index in [1.807, 2.05) is 18.2 Å². The molecule has 4 heteroatoms. The van der Waals surface area contributed by atoms with E-state index in [1.54, 1.807) is 6.07 Å². The topological polar surface area (TPSA) is 32.3 Å². The molecule has 1 N–H and O–H groups in total. The first kappa shape index (κ1) is 14.4. The predicted molar refractivity (Wildman–Crippen MR) is 80.9 cm³/mol. The Hall–Kier alpha value is -1.00. The summed E-state index contributed by atoms with van der Waals surface area (Å²) in [7, 11) is 2.17. The van der Waals surface area contributed by atoms with Gasteiger partial charge in [-0.2, -0.15) is 0 Å². The highest BCUT2D eigenvalue weighted by Crippen LogP contribution is 2.18. The summed E-state index contributed by atoms with van der Waals surface area (Å²) < 4.78 is 0. The van der Waals surface area contributed by atoms with Crippen LogP contribution in [0.1, 0.15) is 29.6 Å². The molecule has 1 aliphatic rings. The van der Waals surface area contributed by atoms with Crippen molar-refractivity contribution in [2.24, 2.45) is 5.92 Å². The number of hydrogen-bond donors (Lipinski definition) is 2. The minimum absolute atomic E-state index is 0.00354. The fourth-order valence-corrected chi connectivity index (χ4v) is 2.71. The molecule has 0 atom stereocenters. The summed E-state index contributed by atoms with van der Waals surface area (Å²) in [6, 6.07) is 7.35. The normalized spacial score (nSPS) is 17.4. The van der Waals surface area contributed by atoms with Crippen LogP contribution in [-0.4, -0.2) is 37.5 Å². The summed E-state index contributed by atoms with van der Waals surface area (Å²) in [5, 5.41) is 3.00. The number of amides is 1. The van der Waals surface area contributed by atoms with Crippen LogP contribution < -0.4 is 5.32 Å². The molecule has 0 radical (unpaired) electrons. The molecule has 0 saturated carbocycles. The third kappa shape index (κ3) is 4.55. The lowest BCUT2D eigenvalue weighted by atomic mass is 9.94. The van der Waals surface area contributed by atoms with Crippen molar-refractivity contribution in [2.45, 2.75) is 24.2 Å². The molecule has 1 heterocycles. The average Bonchev–Trinajstić information content (AvgIpc) is 2.41. The van der Waals surface area contributed by atoms with E-state index in [-0.39, 0.29) is 5.91 Å². The summed E-state index contributed by atoms with van der Waals surface area (Å²) in [5.74, 6) is 0.761. The van der Waals surface area contributed by atoms with Gasteiger partial charge in [0.15, 0.2) is 0 Å². The predicted octanol–water partition coefficient (Wildman–Crippen LogP) is 2.44. The molecule has 1 saturated heterocycles. The summed E-state index contributed by atoms with van der Waals surface area (Å²) in [4.78, 5) is 15.1. The van der Waals surface area contributed by atoms with Crippen LogP contribution in [0.15, 0.2) is 29.2 Å². The van der Waals surface area contributed by atoms with Crippen LogP contribution in [0.2, 0.25) is 0 Å². The molecule has 0 unspecified atom stereocenters. The number of rotatable bonds is 4. The number of piperidine rings is 1. The molecule has 1 aromatic carbocycles. The molecule has 2 rings (SSSR count). The SMILES string of the molecule is CN1CCC(CCNC(=O)c2cccc(S)c2)CC1. The van der Waals surface area contributed by atoms with Crippen molar-refractivity contribution in [3.8, 4) is 0 Å². The number of benzene rings is 1. The Bertz CT molecular complexity index is 428. The van der Waals surface area contributed by atoms with Gasteiger partial charge in [0.2, 0.25) is 0 Å². The Labute approximate surface area is 120 Å². The van der Waals surface area contributed by atoms with Crippen molar-refractivity contribution in [1.82, 2.24) is 10.2 Å². The second kappa shape index (κ2) is 6.96. The molecule has 19 heavy (non-hydrogen) atoms. The monoisotopic (exact) mass is 278 g/mol. The minimum Gasteiger partial charge on any atom is -0.352 e. The van der Waals surface area contributed by atoms with Gasteiger partial charge in [-0.15, -0.1) is 12.6 Å². The van der Waals surface area contributed by atoms with E-state index in [0.717, 1.165) is 23.8 Å². The molecule has 0 aromatic heterocycles. The Morgan fingerprint density at radius 2 is 2.16 bits per heavy atom. The summed E-state index contributed by atoms with van der Waals surface area (Å²) in [6.07, 6.45) is 3.58. The van der Waals surface area contributed by atoms with Gasteiger partial charge in [0, 0.05) is 17.0 Å². The summed E-state index contributed by atoms with van der Waals surface area (Å²) in [5.41, 5.74) is 0.691. The van der Waals surface area contributed by atoms with E-state index in [4.69, 9.17) is 0 Å². The van der Waals surface area contributed by atoms with Crippen molar-refractivity contribution >= 4 is 18.5 Å². The third-order valence-electron chi connectivity index (χ3n) is 3.78. The second-order valence-corrected chi connectivity index (χ2v) is 5.86. The molecule has 0 aliphatic carbocycles. The van der Waals surface area contributed by atoms with E-state index < -0.39 is 0 Å². The number of carbonyl (C=O) groups is 1. The Kier molecular flexibility index (Phi) is 5.28. The lowest BCUT2D eigenvalue weighted by molar-refractivity contribution is 0.0948. The van der Waals surface area contributed by atoms with E-state index in [9.17, 15) is 4.79 Å². The smallest absolute Gasteiger partial charge is 0.251 e. The molecular weight excluding hydrogens is 256 g/mol. The molecule has 0 bridgehead atoms. The number of nitrogens with one attached hydrogen (secondary N) is 1. The lowest BCUT2D eigenvalue weighted by Crippen LogP contribution is -2.32. The summed E-state index contributed by atoms with van der Waals surface area (Å²) in [6.45, 7) is 3.13. The number of nitrogens with zero attached hydrogens (tertiary/aromatic N) is 1. The Morgan fingerprint density at radius 1 is 1.42 bits per heavy atom. The van der Waals surface area contributed by atoms with Crippen molar-refractivity contribution < 1.29 is 4.79 Å². The lowest BCUT2D eigenvalue weighted by Gasteiger charge is -2.28. The van der Waals surface area contributed by atoms with Gasteiger partial charge in [-0.25, -0.2) is 0 Å². The molecule has 104 valence electrons. The first-order valence-electron chi connectivity index (χ1n) is 6.91.